The Hall–Kier alpha value is -1.16. The molecule has 88 valence electrons. The van der Waals surface area contributed by atoms with Gasteiger partial charge in [-0.05, 0) is 26.7 Å². The minimum atomic E-state index is -0.231. The van der Waals surface area contributed by atoms with E-state index in [4.69, 9.17) is 0 Å². The number of aryl methyl sites for hydroxylation is 1. The Morgan fingerprint density at radius 2 is 2.31 bits per heavy atom. The molecule has 1 aromatic heterocycles. The van der Waals surface area contributed by atoms with Crippen molar-refractivity contribution < 1.29 is 5.11 Å². The number of aliphatic hydroxyl groups excluding tert-OH is 1. The summed E-state index contributed by atoms with van der Waals surface area (Å²) in [6.07, 6.45) is 3.61. The van der Waals surface area contributed by atoms with E-state index < -0.39 is 0 Å². The molecular weight excluding hydrogens is 202 g/mol. The van der Waals surface area contributed by atoms with Gasteiger partial charge in [0.2, 0.25) is 0 Å². The molecule has 4 nitrogen and oxygen atoms in total. The molecule has 0 bridgehead atoms. The fraction of sp³-hybridized carbons (Fsp3) is 0.667. The highest BCUT2D eigenvalue weighted by atomic mass is 16.3. The van der Waals surface area contributed by atoms with E-state index in [0.29, 0.717) is 5.92 Å². The van der Waals surface area contributed by atoms with Crippen LogP contribution in [0.1, 0.15) is 25.5 Å². The average molecular weight is 221 g/mol. The Morgan fingerprint density at radius 1 is 1.50 bits per heavy atom. The predicted octanol–water partition coefficient (Wildman–Crippen LogP) is 1.38. The van der Waals surface area contributed by atoms with Crippen LogP contribution in [-0.2, 0) is 0 Å². The van der Waals surface area contributed by atoms with Crippen molar-refractivity contribution in [2.45, 2.75) is 32.8 Å². The van der Waals surface area contributed by atoms with Crippen molar-refractivity contribution in [3.8, 4) is 0 Å². The monoisotopic (exact) mass is 221 g/mol. The molecule has 2 rings (SSSR count). The van der Waals surface area contributed by atoms with Gasteiger partial charge in [-0.15, -0.1) is 0 Å². The van der Waals surface area contributed by atoms with E-state index in [1.54, 1.807) is 6.33 Å². The summed E-state index contributed by atoms with van der Waals surface area (Å²) >= 11 is 0. The molecule has 0 saturated carbocycles. The van der Waals surface area contributed by atoms with Crippen molar-refractivity contribution in [3.05, 3.63) is 18.1 Å². The first-order chi connectivity index (χ1) is 7.66. The lowest BCUT2D eigenvalue weighted by atomic mass is 9.93. The van der Waals surface area contributed by atoms with Crippen LogP contribution in [0.15, 0.2) is 12.4 Å². The molecular formula is C12H19N3O. The molecule has 1 saturated heterocycles. The summed E-state index contributed by atoms with van der Waals surface area (Å²) in [4.78, 5) is 10.6. The van der Waals surface area contributed by atoms with Gasteiger partial charge < -0.3 is 10.0 Å². The Bertz CT molecular complexity index is 354. The van der Waals surface area contributed by atoms with Gasteiger partial charge in [-0.3, -0.25) is 0 Å². The van der Waals surface area contributed by atoms with Crippen molar-refractivity contribution in [1.29, 1.82) is 0 Å². The van der Waals surface area contributed by atoms with Gasteiger partial charge in [-0.25, -0.2) is 9.97 Å². The largest absolute Gasteiger partial charge is 0.393 e. The number of hydrogen-bond donors (Lipinski definition) is 1. The maximum atomic E-state index is 9.64. The van der Waals surface area contributed by atoms with Gasteiger partial charge in [0, 0.05) is 30.8 Å². The van der Waals surface area contributed by atoms with Crippen LogP contribution in [0.4, 0.5) is 5.82 Å². The number of hydrogen-bond acceptors (Lipinski definition) is 4. The second kappa shape index (κ2) is 4.78. The third kappa shape index (κ3) is 2.50. The van der Waals surface area contributed by atoms with Crippen LogP contribution in [0.2, 0.25) is 0 Å². The van der Waals surface area contributed by atoms with Gasteiger partial charge in [0.05, 0.1) is 6.10 Å². The lowest BCUT2D eigenvalue weighted by Gasteiger charge is -2.34. The van der Waals surface area contributed by atoms with E-state index in [1.807, 2.05) is 19.9 Å². The molecule has 2 heterocycles. The summed E-state index contributed by atoms with van der Waals surface area (Å²) in [5.74, 6) is 1.35. The molecule has 0 spiro atoms. The van der Waals surface area contributed by atoms with E-state index in [1.165, 1.54) is 0 Å². The Morgan fingerprint density at radius 3 is 3.00 bits per heavy atom. The summed E-state index contributed by atoms with van der Waals surface area (Å²) in [5.41, 5.74) is 0.990. The number of rotatable bonds is 2. The van der Waals surface area contributed by atoms with Gasteiger partial charge in [0.1, 0.15) is 12.1 Å². The summed E-state index contributed by atoms with van der Waals surface area (Å²) in [6, 6.07) is 2.00. The van der Waals surface area contributed by atoms with Crippen LogP contribution in [0, 0.1) is 12.8 Å². The van der Waals surface area contributed by atoms with Crippen LogP contribution >= 0.6 is 0 Å². The summed E-state index contributed by atoms with van der Waals surface area (Å²) in [7, 11) is 0. The molecule has 0 radical (unpaired) electrons. The van der Waals surface area contributed by atoms with E-state index in [9.17, 15) is 5.11 Å². The first-order valence-electron chi connectivity index (χ1n) is 5.88. The number of nitrogens with zero attached hydrogens (tertiary/aromatic N) is 3. The smallest absolute Gasteiger partial charge is 0.132 e. The molecule has 1 aliphatic rings. The molecule has 1 N–H and O–H groups in total. The second-order valence-electron chi connectivity index (χ2n) is 4.61. The van der Waals surface area contributed by atoms with E-state index in [2.05, 4.69) is 14.9 Å². The molecule has 4 heteroatoms. The molecule has 1 aliphatic heterocycles. The van der Waals surface area contributed by atoms with Crippen molar-refractivity contribution in [3.63, 3.8) is 0 Å². The average Bonchev–Trinajstić information content (AvgIpc) is 2.29. The molecule has 0 aliphatic carbocycles. The number of aliphatic hydroxyl groups is 1. The second-order valence-corrected chi connectivity index (χ2v) is 4.61. The van der Waals surface area contributed by atoms with E-state index in [0.717, 1.165) is 37.4 Å². The first-order valence-corrected chi connectivity index (χ1v) is 5.88. The van der Waals surface area contributed by atoms with Crippen LogP contribution in [-0.4, -0.2) is 34.3 Å². The minimum absolute atomic E-state index is 0.231. The van der Waals surface area contributed by atoms with Crippen molar-refractivity contribution in [2.75, 3.05) is 18.0 Å². The van der Waals surface area contributed by atoms with Crippen molar-refractivity contribution in [2.24, 2.45) is 5.92 Å². The lowest BCUT2D eigenvalue weighted by Crippen LogP contribution is -2.40. The topological polar surface area (TPSA) is 49.2 Å². The van der Waals surface area contributed by atoms with Crippen LogP contribution in [0.25, 0.3) is 0 Å². The predicted molar refractivity (Wildman–Crippen MR) is 63.4 cm³/mol. The van der Waals surface area contributed by atoms with Crippen LogP contribution in [0.3, 0.4) is 0 Å². The van der Waals surface area contributed by atoms with Crippen LogP contribution in [0.5, 0.6) is 0 Å². The van der Waals surface area contributed by atoms with E-state index in [-0.39, 0.29) is 6.10 Å². The fourth-order valence-corrected chi connectivity index (χ4v) is 2.23. The molecule has 16 heavy (non-hydrogen) atoms. The highest BCUT2D eigenvalue weighted by molar-refractivity contribution is 5.39. The van der Waals surface area contributed by atoms with Gasteiger partial charge in [0.25, 0.3) is 0 Å². The maximum Gasteiger partial charge on any atom is 0.132 e. The van der Waals surface area contributed by atoms with Crippen molar-refractivity contribution in [1.82, 2.24) is 9.97 Å². The fourth-order valence-electron chi connectivity index (χ4n) is 2.23. The first kappa shape index (κ1) is 11.3. The number of anilines is 1. The maximum absolute atomic E-state index is 9.64. The molecule has 0 aromatic carbocycles. The quantitative estimate of drug-likeness (QED) is 0.819. The molecule has 2 atom stereocenters. The zero-order chi connectivity index (χ0) is 11.5. The summed E-state index contributed by atoms with van der Waals surface area (Å²) < 4.78 is 0. The Labute approximate surface area is 96.3 Å². The Kier molecular flexibility index (Phi) is 3.39. The molecule has 2 unspecified atom stereocenters. The molecule has 1 aromatic rings. The van der Waals surface area contributed by atoms with Gasteiger partial charge >= 0.3 is 0 Å². The SMILES string of the molecule is Cc1cc(N2CCCC(C(C)O)C2)ncn1. The normalized spacial score (nSPS) is 23.2. The molecule has 0 amide bonds. The number of aromatic nitrogens is 2. The zero-order valence-electron chi connectivity index (χ0n) is 9.93. The lowest BCUT2D eigenvalue weighted by molar-refractivity contribution is 0.115. The zero-order valence-corrected chi connectivity index (χ0v) is 9.93. The summed E-state index contributed by atoms with van der Waals surface area (Å²) in [6.45, 7) is 5.77. The van der Waals surface area contributed by atoms with Gasteiger partial charge in [0.15, 0.2) is 0 Å². The molecule has 1 fully saturated rings. The third-order valence-corrected chi connectivity index (χ3v) is 3.25. The standard InChI is InChI=1S/C12H19N3O/c1-9-6-12(14-8-13-9)15-5-3-4-11(7-15)10(2)16/h6,8,10-11,16H,3-5,7H2,1-2H3. The minimum Gasteiger partial charge on any atom is -0.393 e. The van der Waals surface area contributed by atoms with E-state index >= 15 is 0 Å². The van der Waals surface area contributed by atoms with Gasteiger partial charge in [-0.2, -0.15) is 0 Å². The number of piperidine rings is 1. The van der Waals surface area contributed by atoms with Crippen LogP contribution < -0.4 is 4.90 Å². The summed E-state index contributed by atoms with van der Waals surface area (Å²) in [5, 5.41) is 9.64. The highest BCUT2D eigenvalue weighted by Crippen LogP contribution is 2.23. The Balaban J connectivity index is 2.09. The van der Waals surface area contributed by atoms with Gasteiger partial charge in [-0.1, -0.05) is 0 Å². The third-order valence-electron chi connectivity index (χ3n) is 3.25. The van der Waals surface area contributed by atoms with Crippen molar-refractivity contribution >= 4 is 5.82 Å². The highest BCUT2D eigenvalue weighted by Gasteiger charge is 2.24.